The minimum atomic E-state index is -0.901. The summed E-state index contributed by atoms with van der Waals surface area (Å²) in [7, 11) is 2.76. The summed E-state index contributed by atoms with van der Waals surface area (Å²) in [5.41, 5.74) is 5.27. The molecule has 0 spiro atoms. The van der Waals surface area contributed by atoms with Crippen LogP contribution < -0.4 is 5.73 Å². The van der Waals surface area contributed by atoms with Gasteiger partial charge in [-0.1, -0.05) is 0 Å². The van der Waals surface area contributed by atoms with E-state index in [9.17, 15) is 9.59 Å². The van der Waals surface area contributed by atoms with Gasteiger partial charge in [0.1, 0.15) is 5.54 Å². The lowest BCUT2D eigenvalue weighted by atomic mass is 9.78. The highest BCUT2D eigenvalue weighted by atomic mass is 16.5. The first-order valence-electron chi connectivity index (χ1n) is 5.98. The van der Waals surface area contributed by atoms with Crippen molar-refractivity contribution in [3.05, 3.63) is 0 Å². The SMILES string of the molecule is COC(=O)C1CCC2CC1CC2(N)C(=O)OC. The van der Waals surface area contributed by atoms with E-state index in [1.54, 1.807) is 0 Å². The van der Waals surface area contributed by atoms with E-state index in [0.29, 0.717) is 6.42 Å². The molecule has 2 aliphatic rings. The van der Waals surface area contributed by atoms with Crippen LogP contribution in [-0.2, 0) is 19.1 Å². The molecule has 0 aliphatic heterocycles. The van der Waals surface area contributed by atoms with Crippen molar-refractivity contribution in [2.45, 2.75) is 31.2 Å². The topological polar surface area (TPSA) is 78.6 Å². The number of carbonyl (C=O) groups excluding carboxylic acids is 2. The van der Waals surface area contributed by atoms with E-state index < -0.39 is 5.54 Å². The molecule has 4 unspecified atom stereocenters. The number of carbonyl (C=O) groups is 2. The molecule has 0 aromatic carbocycles. The van der Waals surface area contributed by atoms with Crippen LogP contribution in [0.2, 0.25) is 0 Å². The van der Waals surface area contributed by atoms with Gasteiger partial charge in [0.2, 0.25) is 0 Å². The molecule has 5 heteroatoms. The van der Waals surface area contributed by atoms with Gasteiger partial charge in [-0.15, -0.1) is 0 Å². The van der Waals surface area contributed by atoms with Crippen LogP contribution in [0.15, 0.2) is 0 Å². The van der Waals surface area contributed by atoms with E-state index in [4.69, 9.17) is 15.2 Å². The molecule has 2 N–H and O–H groups in total. The van der Waals surface area contributed by atoms with Gasteiger partial charge in [0.05, 0.1) is 20.1 Å². The van der Waals surface area contributed by atoms with Gasteiger partial charge in [0.15, 0.2) is 0 Å². The summed E-state index contributed by atoms with van der Waals surface area (Å²) in [6.07, 6.45) is 2.91. The van der Waals surface area contributed by atoms with Crippen LogP contribution in [0.5, 0.6) is 0 Å². The van der Waals surface area contributed by atoms with Crippen molar-refractivity contribution in [2.24, 2.45) is 23.5 Å². The standard InChI is InChI=1S/C12H19NO4/c1-16-10(14)9-4-3-8-5-7(9)6-12(8,13)11(15)17-2/h7-9H,3-6,13H2,1-2H3. The Bertz CT molecular complexity index is 343. The van der Waals surface area contributed by atoms with Crippen LogP contribution in [0.4, 0.5) is 0 Å². The summed E-state index contributed by atoms with van der Waals surface area (Å²) < 4.78 is 9.59. The summed E-state index contributed by atoms with van der Waals surface area (Å²) in [5.74, 6) is -0.337. The third-order valence-electron chi connectivity index (χ3n) is 4.38. The first kappa shape index (κ1) is 12.4. The van der Waals surface area contributed by atoms with Gasteiger partial charge in [0, 0.05) is 0 Å². The molecule has 0 saturated heterocycles. The molecule has 2 aliphatic carbocycles. The first-order chi connectivity index (χ1) is 8.02. The third kappa shape index (κ3) is 1.82. The van der Waals surface area contributed by atoms with E-state index in [1.807, 2.05) is 0 Å². The summed E-state index contributed by atoms with van der Waals surface area (Å²) in [4.78, 5) is 23.4. The van der Waals surface area contributed by atoms with E-state index in [-0.39, 0.29) is 29.7 Å². The van der Waals surface area contributed by atoms with Crippen molar-refractivity contribution >= 4 is 11.9 Å². The molecule has 0 radical (unpaired) electrons. The molecule has 4 atom stereocenters. The van der Waals surface area contributed by atoms with Crippen LogP contribution in [0, 0.1) is 17.8 Å². The lowest BCUT2D eigenvalue weighted by molar-refractivity contribution is -0.149. The Kier molecular flexibility index (Phi) is 3.12. The highest BCUT2D eigenvalue weighted by Gasteiger charge is 2.56. The van der Waals surface area contributed by atoms with Gasteiger partial charge in [-0.3, -0.25) is 9.59 Å². The van der Waals surface area contributed by atoms with Gasteiger partial charge in [-0.05, 0) is 37.5 Å². The first-order valence-corrected chi connectivity index (χ1v) is 5.98. The van der Waals surface area contributed by atoms with E-state index in [0.717, 1.165) is 19.3 Å². The van der Waals surface area contributed by atoms with Crippen LogP contribution >= 0.6 is 0 Å². The van der Waals surface area contributed by atoms with Crippen molar-refractivity contribution in [2.75, 3.05) is 14.2 Å². The second kappa shape index (κ2) is 4.29. The highest BCUT2D eigenvalue weighted by Crippen LogP contribution is 2.50. The molecule has 17 heavy (non-hydrogen) atoms. The van der Waals surface area contributed by atoms with E-state index >= 15 is 0 Å². The number of hydrogen-bond acceptors (Lipinski definition) is 5. The Morgan fingerprint density at radius 3 is 2.53 bits per heavy atom. The van der Waals surface area contributed by atoms with Gasteiger partial charge >= 0.3 is 11.9 Å². The third-order valence-corrected chi connectivity index (χ3v) is 4.38. The van der Waals surface area contributed by atoms with Crippen LogP contribution in [0.1, 0.15) is 25.7 Å². The number of rotatable bonds is 2. The second-order valence-corrected chi connectivity index (χ2v) is 5.14. The molecule has 2 fully saturated rings. The average Bonchev–Trinajstić information content (AvgIpc) is 2.61. The second-order valence-electron chi connectivity index (χ2n) is 5.14. The molecule has 96 valence electrons. The molecule has 0 heterocycles. The summed E-state index contributed by atoms with van der Waals surface area (Å²) in [5, 5.41) is 0. The number of methoxy groups -OCH3 is 2. The normalized spacial score (nSPS) is 39.8. The Hall–Kier alpha value is -1.10. The molecule has 2 rings (SSSR count). The fraction of sp³-hybridized carbons (Fsp3) is 0.833. The van der Waals surface area contributed by atoms with Crippen molar-refractivity contribution < 1.29 is 19.1 Å². The predicted octanol–water partition coefficient (Wildman–Crippen LogP) is 0.466. The maximum absolute atomic E-state index is 11.8. The smallest absolute Gasteiger partial charge is 0.326 e. The molecule has 5 nitrogen and oxygen atoms in total. The number of ether oxygens (including phenoxy) is 2. The largest absolute Gasteiger partial charge is 0.469 e. The molecule has 0 amide bonds. The Labute approximate surface area is 101 Å². The van der Waals surface area contributed by atoms with E-state index in [2.05, 4.69) is 0 Å². The average molecular weight is 241 g/mol. The molecule has 2 bridgehead atoms. The van der Waals surface area contributed by atoms with Crippen LogP contribution in [0.25, 0.3) is 0 Å². The van der Waals surface area contributed by atoms with Gasteiger partial charge in [0.25, 0.3) is 0 Å². The van der Waals surface area contributed by atoms with Crippen molar-refractivity contribution in [1.29, 1.82) is 0 Å². The zero-order valence-electron chi connectivity index (χ0n) is 10.3. The molecular weight excluding hydrogens is 222 g/mol. The predicted molar refractivity (Wildman–Crippen MR) is 59.9 cm³/mol. The van der Waals surface area contributed by atoms with Crippen molar-refractivity contribution in [1.82, 2.24) is 0 Å². The number of hydrogen-bond donors (Lipinski definition) is 1. The molecule has 2 saturated carbocycles. The van der Waals surface area contributed by atoms with Crippen LogP contribution in [-0.4, -0.2) is 31.7 Å². The highest BCUT2D eigenvalue weighted by molar-refractivity contribution is 5.82. The summed E-state index contributed by atoms with van der Waals surface area (Å²) in [6, 6.07) is 0. The molecule has 0 aromatic rings. The quantitative estimate of drug-likeness (QED) is 0.711. The number of nitrogens with two attached hydrogens (primary N) is 1. The zero-order valence-corrected chi connectivity index (χ0v) is 10.3. The molecular formula is C12H19NO4. The number of fused-ring (bicyclic) bond motifs is 2. The number of esters is 2. The van der Waals surface area contributed by atoms with Crippen LogP contribution in [0.3, 0.4) is 0 Å². The maximum atomic E-state index is 11.8. The monoisotopic (exact) mass is 241 g/mol. The lowest BCUT2D eigenvalue weighted by Gasteiger charge is -2.29. The molecule has 0 aromatic heterocycles. The van der Waals surface area contributed by atoms with Crippen molar-refractivity contribution in [3.8, 4) is 0 Å². The minimum absolute atomic E-state index is 0.105. The van der Waals surface area contributed by atoms with Gasteiger partial charge in [-0.25, -0.2) is 0 Å². The van der Waals surface area contributed by atoms with Gasteiger partial charge in [-0.2, -0.15) is 0 Å². The lowest BCUT2D eigenvalue weighted by Crippen LogP contribution is -2.51. The van der Waals surface area contributed by atoms with Crippen molar-refractivity contribution in [3.63, 3.8) is 0 Å². The Morgan fingerprint density at radius 1 is 1.24 bits per heavy atom. The summed E-state index contributed by atoms with van der Waals surface area (Å²) >= 11 is 0. The Balaban J connectivity index is 2.16. The fourth-order valence-electron chi connectivity index (χ4n) is 3.46. The minimum Gasteiger partial charge on any atom is -0.469 e. The maximum Gasteiger partial charge on any atom is 0.326 e. The fourth-order valence-corrected chi connectivity index (χ4v) is 3.46. The van der Waals surface area contributed by atoms with Gasteiger partial charge < -0.3 is 15.2 Å². The zero-order chi connectivity index (χ0) is 12.6. The van der Waals surface area contributed by atoms with E-state index in [1.165, 1.54) is 14.2 Å². The Morgan fingerprint density at radius 2 is 1.94 bits per heavy atom. The summed E-state index contributed by atoms with van der Waals surface area (Å²) in [6.45, 7) is 0.